The number of hydrogen-bond donors (Lipinski definition) is 0. The van der Waals surface area contributed by atoms with Crippen molar-refractivity contribution in [2.24, 2.45) is 5.92 Å². The minimum absolute atomic E-state index is 0.873. The number of nitrogens with zero attached hydrogens (tertiary/aromatic N) is 1. The Morgan fingerprint density at radius 2 is 2.08 bits per heavy atom. The van der Waals surface area contributed by atoms with Gasteiger partial charge in [-0.15, -0.1) is 6.58 Å². The normalized spacial score (nSPS) is 19.2. The van der Waals surface area contributed by atoms with Crippen molar-refractivity contribution >= 4 is 0 Å². The SMILES string of the molecule is C=CCC1CCN(C(=C)C)CC1. The largest absolute Gasteiger partial charge is 0.376 e. The average molecular weight is 165 g/mol. The third kappa shape index (κ3) is 2.40. The minimum atomic E-state index is 0.873. The lowest BCUT2D eigenvalue weighted by atomic mass is 9.93. The molecule has 1 heterocycles. The lowest BCUT2D eigenvalue weighted by molar-refractivity contribution is 0.229. The van der Waals surface area contributed by atoms with Gasteiger partial charge in [-0.25, -0.2) is 0 Å². The van der Waals surface area contributed by atoms with Crippen molar-refractivity contribution < 1.29 is 0 Å². The number of likely N-dealkylation sites (tertiary alicyclic amines) is 1. The molecule has 0 aromatic heterocycles. The molecule has 68 valence electrons. The lowest BCUT2D eigenvalue weighted by Gasteiger charge is -2.33. The van der Waals surface area contributed by atoms with Crippen LogP contribution in [0.25, 0.3) is 0 Å². The molecule has 12 heavy (non-hydrogen) atoms. The molecule has 0 aliphatic carbocycles. The zero-order valence-electron chi connectivity index (χ0n) is 8.05. The predicted octanol–water partition coefficient (Wildman–Crippen LogP) is 2.81. The summed E-state index contributed by atoms with van der Waals surface area (Å²) in [6.45, 7) is 12.2. The second-order valence-corrected chi connectivity index (χ2v) is 3.69. The van der Waals surface area contributed by atoms with Gasteiger partial charge in [0.15, 0.2) is 0 Å². The molecule has 0 saturated carbocycles. The van der Waals surface area contributed by atoms with Gasteiger partial charge in [0.25, 0.3) is 0 Å². The van der Waals surface area contributed by atoms with Gasteiger partial charge < -0.3 is 4.90 Å². The number of rotatable bonds is 3. The Labute approximate surface area is 75.8 Å². The molecule has 1 rings (SSSR count). The Hall–Kier alpha value is -0.720. The van der Waals surface area contributed by atoms with E-state index in [0.717, 1.165) is 5.92 Å². The van der Waals surface area contributed by atoms with E-state index in [1.165, 1.54) is 38.0 Å². The van der Waals surface area contributed by atoms with Gasteiger partial charge >= 0.3 is 0 Å². The minimum Gasteiger partial charge on any atom is -0.376 e. The zero-order chi connectivity index (χ0) is 8.97. The first-order chi connectivity index (χ1) is 5.74. The van der Waals surface area contributed by atoms with Crippen LogP contribution in [-0.4, -0.2) is 18.0 Å². The van der Waals surface area contributed by atoms with E-state index in [2.05, 4.69) is 25.0 Å². The van der Waals surface area contributed by atoms with Gasteiger partial charge in [0.1, 0.15) is 0 Å². The molecule has 1 aliphatic heterocycles. The highest BCUT2D eigenvalue weighted by molar-refractivity contribution is 4.91. The molecule has 0 radical (unpaired) electrons. The van der Waals surface area contributed by atoms with Crippen molar-refractivity contribution in [3.8, 4) is 0 Å². The molecule has 0 bridgehead atoms. The number of piperidine rings is 1. The zero-order valence-corrected chi connectivity index (χ0v) is 8.05. The molecule has 1 saturated heterocycles. The van der Waals surface area contributed by atoms with E-state index in [9.17, 15) is 0 Å². The smallest absolute Gasteiger partial charge is 0.0177 e. The maximum Gasteiger partial charge on any atom is 0.0177 e. The fourth-order valence-electron chi connectivity index (χ4n) is 1.79. The van der Waals surface area contributed by atoms with E-state index in [1.54, 1.807) is 0 Å². The van der Waals surface area contributed by atoms with Gasteiger partial charge in [-0.3, -0.25) is 0 Å². The second kappa shape index (κ2) is 4.34. The van der Waals surface area contributed by atoms with Crippen molar-refractivity contribution in [1.82, 2.24) is 4.90 Å². The molecule has 0 aromatic carbocycles. The Morgan fingerprint density at radius 3 is 2.50 bits per heavy atom. The number of hydrogen-bond acceptors (Lipinski definition) is 1. The van der Waals surface area contributed by atoms with Crippen molar-refractivity contribution in [2.75, 3.05) is 13.1 Å². The summed E-state index contributed by atoms with van der Waals surface area (Å²) in [7, 11) is 0. The molecule has 1 nitrogen and oxygen atoms in total. The maximum atomic E-state index is 3.96. The predicted molar refractivity (Wildman–Crippen MR) is 53.9 cm³/mol. The molecule has 0 aromatic rings. The van der Waals surface area contributed by atoms with E-state index < -0.39 is 0 Å². The summed E-state index contributed by atoms with van der Waals surface area (Å²) >= 11 is 0. The Balaban J connectivity index is 2.29. The number of allylic oxidation sites excluding steroid dienone is 2. The molecule has 0 N–H and O–H groups in total. The molecule has 1 aliphatic rings. The molecular weight excluding hydrogens is 146 g/mol. The first-order valence-electron chi connectivity index (χ1n) is 4.75. The summed E-state index contributed by atoms with van der Waals surface area (Å²) in [5.41, 5.74) is 1.21. The second-order valence-electron chi connectivity index (χ2n) is 3.69. The summed E-state index contributed by atoms with van der Waals surface area (Å²) in [6, 6.07) is 0. The van der Waals surface area contributed by atoms with Crippen LogP contribution in [0.4, 0.5) is 0 Å². The van der Waals surface area contributed by atoms with E-state index in [4.69, 9.17) is 0 Å². The molecule has 0 amide bonds. The summed E-state index contributed by atoms with van der Waals surface area (Å²) in [5, 5.41) is 0. The van der Waals surface area contributed by atoms with Crippen LogP contribution < -0.4 is 0 Å². The van der Waals surface area contributed by atoms with Crippen molar-refractivity contribution in [1.29, 1.82) is 0 Å². The highest BCUT2D eigenvalue weighted by Gasteiger charge is 2.16. The van der Waals surface area contributed by atoms with Crippen LogP contribution in [0.1, 0.15) is 26.2 Å². The first kappa shape index (κ1) is 9.37. The standard InChI is InChI=1S/C11H19N/c1-4-5-11-6-8-12(9-7-11)10(2)3/h4,11H,1-2,5-9H2,3H3. The van der Waals surface area contributed by atoms with Crippen molar-refractivity contribution in [3.05, 3.63) is 24.9 Å². The van der Waals surface area contributed by atoms with Gasteiger partial charge in [-0.1, -0.05) is 12.7 Å². The fourth-order valence-corrected chi connectivity index (χ4v) is 1.79. The van der Waals surface area contributed by atoms with E-state index in [-0.39, 0.29) is 0 Å². The summed E-state index contributed by atoms with van der Waals surface area (Å²) in [6.07, 6.45) is 5.84. The van der Waals surface area contributed by atoms with Crippen LogP contribution in [0.3, 0.4) is 0 Å². The molecular formula is C11H19N. The quantitative estimate of drug-likeness (QED) is 0.581. The third-order valence-corrected chi connectivity index (χ3v) is 2.65. The van der Waals surface area contributed by atoms with Crippen LogP contribution in [0.5, 0.6) is 0 Å². The van der Waals surface area contributed by atoms with Gasteiger partial charge in [0.2, 0.25) is 0 Å². The van der Waals surface area contributed by atoms with E-state index >= 15 is 0 Å². The van der Waals surface area contributed by atoms with Crippen LogP contribution in [0, 0.1) is 5.92 Å². The molecule has 1 heteroatoms. The van der Waals surface area contributed by atoms with Crippen LogP contribution >= 0.6 is 0 Å². The highest BCUT2D eigenvalue weighted by atomic mass is 15.1. The van der Waals surface area contributed by atoms with Crippen LogP contribution in [-0.2, 0) is 0 Å². The third-order valence-electron chi connectivity index (χ3n) is 2.65. The van der Waals surface area contributed by atoms with Crippen LogP contribution in [0.15, 0.2) is 24.9 Å². The van der Waals surface area contributed by atoms with Crippen molar-refractivity contribution in [2.45, 2.75) is 26.2 Å². The van der Waals surface area contributed by atoms with E-state index in [1.807, 2.05) is 6.08 Å². The van der Waals surface area contributed by atoms with Gasteiger partial charge in [-0.05, 0) is 32.1 Å². The maximum absolute atomic E-state index is 3.96. The Bertz CT molecular complexity index is 164. The highest BCUT2D eigenvalue weighted by Crippen LogP contribution is 2.22. The molecule has 0 unspecified atom stereocenters. The average Bonchev–Trinajstić information content (AvgIpc) is 2.06. The topological polar surface area (TPSA) is 3.24 Å². The fraction of sp³-hybridized carbons (Fsp3) is 0.636. The van der Waals surface area contributed by atoms with E-state index in [0.29, 0.717) is 0 Å². The first-order valence-corrected chi connectivity index (χ1v) is 4.75. The van der Waals surface area contributed by atoms with Gasteiger partial charge in [-0.2, -0.15) is 0 Å². The van der Waals surface area contributed by atoms with Gasteiger partial charge in [0.05, 0.1) is 0 Å². The Kier molecular flexibility index (Phi) is 3.39. The molecule has 0 atom stereocenters. The summed E-state index contributed by atoms with van der Waals surface area (Å²) < 4.78 is 0. The van der Waals surface area contributed by atoms with Gasteiger partial charge in [0, 0.05) is 18.8 Å². The molecule has 0 spiro atoms. The van der Waals surface area contributed by atoms with Crippen molar-refractivity contribution in [3.63, 3.8) is 0 Å². The Morgan fingerprint density at radius 1 is 1.50 bits per heavy atom. The summed E-state index contributed by atoms with van der Waals surface area (Å²) in [5.74, 6) is 0.873. The van der Waals surface area contributed by atoms with Crippen LogP contribution in [0.2, 0.25) is 0 Å². The summed E-state index contributed by atoms with van der Waals surface area (Å²) in [4.78, 5) is 2.37. The lowest BCUT2D eigenvalue weighted by Crippen LogP contribution is -2.31. The molecule has 1 fully saturated rings. The monoisotopic (exact) mass is 165 g/mol.